The highest BCUT2D eigenvalue weighted by atomic mass is 32.2. The summed E-state index contributed by atoms with van der Waals surface area (Å²) < 4.78 is 31.7. The van der Waals surface area contributed by atoms with Gasteiger partial charge in [-0.3, -0.25) is 0 Å². The van der Waals surface area contributed by atoms with Crippen molar-refractivity contribution in [1.82, 2.24) is 4.31 Å². The van der Waals surface area contributed by atoms with Gasteiger partial charge in [0.15, 0.2) is 0 Å². The van der Waals surface area contributed by atoms with E-state index in [0.717, 1.165) is 31.2 Å². The van der Waals surface area contributed by atoms with Gasteiger partial charge in [0.2, 0.25) is 10.0 Å². The largest absolute Gasteiger partial charge is 0.459 e. The molecule has 0 saturated heterocycles. The van der Waals surface area contributed by atoms with Crippen LogP contribution in [0.4, 0.5) is 0 Å². The SMILES string of the molecule is CCN(CC)S(=O)(=O)c1ccc(C=CC(=O)OC2CCCCC2)cc1. The Hall–Kier alpha value is -1.66. The highest BCUT2D eigenvalue weighted by molar-refractivity contribution is 7.89. The molecule has 0 bridgehead atoms. The highest BCUT2D eigenvalue weighted by Gasteiger charge is 2.21. The van der Waals surface area contributed by atoms with Crippen LogP contribution >= 0.6 is 0 Å². The minimum absolute atomic E-state index is 0.0347. The van der Waals surface area contributed by atoms with Gasteiger partial charge in [0.05, 0.1) is 4.90 Å². The molecule has 138 valence electrons. The highest BCUT2D eigenvalue weighted by Crippen LogP contribution is 2.21. The molecule has 1 saturated carbocycles. The number of carbonyl (C=O) groups is 1. The molecule has 5 nitrogen and oxygen atoms in total. The molecule has 25 heavy (non-hydrogen) atoms. The predicted octanol–water partition coefficient (Wildman–Crippen LogP) is 3.61. The van der Waals surface area contributed by atoms with Crippen LogP contribution < -0.4 is 0 Å². The second kappa shape index (κ2) is 9.15. The van der Waals surface area contributed by atoms with Crippen LogP contribution in [0.2, 0.25) is 0 Å². The fourth-order valence-electron chi connectivity index (χ4n) is 3.01. The van der Waals surface area contributed by atoms with Crippen molar-refractivity contribution < 1.29 is 17.9 Å². The van der Waals surface area contributed by atoms with Gasteiger partial charge < -0.3 is 4.74 Å². The molecule has 2 rings (SSSR count). The molecule has 0 atom stereocenters. The molecule has 1 aromatic rings. The molecule has 0 radical (unpaired) electrons. The second-order valence-corrected chi connectivity index (χ2v) is 8.13. The van der Waals surface area contributed by atoms with Gasteiger partial charge in [-0.2, -0.15) is 4.31 Å². The molecule has 0 spiro atoms. The van der Waals surface area contributed by atoms with Crippen LogP contribution in [0.1, 0.15) is 51.5 Å². The summed E-state index contributed by atoms with van der Waals surface area (Å²) in [5.41, 5.74) is 0.763. The summed E-state index contributed by atoms with van der Waals surface area (Å²) in [5.74, 6) is -0.341. The molecular formula is C19H27NO4S. The van der Waals surface area contributed by atoms with Crippen molar-refractivity contribution in [2.75, 3.05) is 13.1 Å². The van der Waals surface area contributed by atoms with Crippen molar-refractivity contribution in [3.63, 3.8) is 0 Å². The van der Waals surface area contributed by atoms with E-state index in [9.17, 15) is 13.2 Å². The number of hydrogen-bond donors (Lipinski definition) is 0. The van der Waals surface area contributed by atoms with Crippen LogP contribution in [0.25, 0.3) is 6.08 Å². The number of ether oxygens (including phenoxy) is 1. The van der Waals surface area contributed by atoms with Crippen LogP contribution in [-0.4, -0.2) is 37.9 Å². The number of sulfonamides is 1. The monoisotopic (exact) mass is 365 g/mol. The molecule has 1 aromatic carbocycles. The minimum Gasteiger partial charge on any atom is -0.459 e. The summed E-state index contributed by atoms with van der Waals surface area (Å²) >= 11 is 0. The van der Waals surface area contributed by atoms with Crippen LogP contribution in [-0.2, 0) is 19.6 Å². The molecule has 1 aliphatic rings. The van der Waals surface area contributed by atoms with E-state index in [1.165, 1.54) is 16.8 Å². The average molecular weight is 365 g/mol. The Bertz CT molecular complexity index is 685. The van der Waals surface area contributed by atoms with Gasteiger partial charge in [-0.05, 0) is 49.5 Å². The third-order valence-corrected chi connectivity index (χ3v) is 6.53. The summed E-state index contributed by atoms with van der Waals surface area (Å²) in [6, 6.07) is 6.53. The first-order valence-corrected chi connectivity index (χ1v) is 10.4. The second-order valence-electron chi connectivity index (χ2n) is 6.19. The summed E-state index contributed by atoms with van der Waals surface area (Å²) in [6.07, 6.45) is 8.42. The van der Waals surface area contributed by atoms with Crippen molar-refractivity contribution in [2.24, 2.45) is 0 Å². The lowest BCUT2D eigenvalue weighted by Crippen LogP contribution is -2.30. The van der Waals surface area contributed by atoms with Crippen molar-refractivity contribution in [3.8, 4) is 0 Å². The van der Waals surface area contributed by atoms with E-state index in [2.05, 4.69) is 0 Å². The Labute approximate surface area is 150 Å². The normalized spacial score (nSPS) is 16.4. The van der Waals surface area contributed by atoms with E-state index in [1.54, 1.807) is 30.3 Å². The van der Waals surface area contributed by atoms with Gasteiger partial charge in [0, 0.05) is 19.2 Å². The third-order valence-electron chi connectivity index (χ3n) is 4.47. The molecule has 0 unspecified atom stereocenters. The Morgan fingerprint density at radius 2 is 1.72 bits per heavy atom. The minimum atomic E-state index is -3.45. The maximum absolute atomic E-state index is 12.4. The molecule has 0 aliphatic heterocycles. The molecule has 1 fully saturated rings. The van der Waals surface area contributed by atoms with E-state index in [1.807, 2.05) is 13.8 Å². The van der Waals surface area contributed by atoms with Crippen LogP contribution in [0.15, 0.2) is 35.2 Å². The maximum atomic E-state index is 12.4. The molecule has 0 heterocycles. The zero-order chi connectivity index (χ0) is 18.3. The molecule has 0 amide bonds. The van der Waals surface area contributed by atoms with Crippen molar-refractivity contribution in [3.05, 3.63) is 35.9 Å². The lowest BCUT2D eigenvalue weighted by atomic mass is 9.98. The van der Waals surface area contributed by atoms with Gasteiger partial charge >= 0.3 is 5.97 Å². The van der Waals surface area contributed by atoms with E-state index >= 15 is 0 Å². The van der Waals surface area contributed by atoms with Gasteiger partial charge in [0.1, 0.15) is 6.10 Å². The number of esters is 1. The summed E-state index contributed by atoms with van der Waals surface area (Å²) in [5, 5.41) is 0. The third kappa shape index (κ3) is 5.41. The van der Waals surface area contributed by atoms with Gasteiger partial charge in [0.25, 0.3) is 0 Å². The summed E-state index contributed by atoms with van der Waals surface area (Å²) in [4.78, 5) is 12.1. The molecule has 6 heteroatoms. The van der Waals surface area contributed by atoms with Crippen molar-refractivity contribution in [2.45, 2.75) is 57.0 Å². The van der Waals surface area contributed by atoms with Gasteiger partial charge in [-0.1, -0.05) is 32.4 Å². The lowest BCUT2D eigenvalue weighted by Gasteiger charge is -2.20. The standard InChI is InChI=1S/C19H27NO4S/c1-3-20(4-2)25(22,23)18-13-10-16(11-14-18)12-15-19(21)24-17-8-6-5-7-9-17/h10-15,17H,3-9H2,1-2H3. The summed E-state index contributed by atoms with van der Waals surface area (Å²) in [7, 11) is -3.45. The summed E-state index contributed by atoms with van der Waals surface area (Å²) in [6.45, 7) is 4.51. The lowest BCUT2D eigenvalue weighted by molar-refractivity contribution is -0.144. The molecule has 0 N–H and O–H groups in total. The average Bonchev–Trinajstić information content (AvgIpc) is 2.62. The topological polar surface area (TPSA) is 63.7 Å². The van der Waals surface area contributed by atoms with E-state index < -0.39 is 10.0 Å². The fourth-order valence-corrected chi connectivity index (χ4v) is 4.47. The Morgan fingerprint density at radius 3 is 2.28 bits per heavy atom. The quantitative estimate of drug-likeness (QED) is 0.547. The van der Waals surface area contributed by atoms with Crippen LogP contribution in [0, 0.1) is 0 Å². The molecule has 1 aliphatic carbocycles. The predicted molar refractivity (Wildman–Crippen MR) is 98.5 cm³/mol. The van der Waals surface area contributed by atoms with Gasteiger partial charge in [-0.15, -0.1) is 0 Å². The van der Waals surface area contributed by atoms with Crippen molar-refractivity contribution >= 4 is 22.1 Å². The van der Waals surface area contributed by atoms with Crippen LogP contribution in [0.3, 0.4) is 0 Å². The van der Waals surface area contributed by atoms with E-state index in [-0.39, 0.29) is 17.0 Å². The zero-order valence-corrected chi connectivity index (χ0v) is 15.8. The van der Waals surface area contributed by atoms with E-state index in [0.29, 0.717) is 13.1 Å². The Kier molecular flexibility index (Phi) is 7.20. The number of rotatable bonds is 7. The first kappa shape index (κ1) is 19.7. The van der Waals surface area contributed by atoms with E-state index in [4.69, 9.17) is 4.74 Å². The molecule has 0 aromatic heterocycles. The first-order valence-electron chi connectivity index (χ1n) is 8.96. The Morgan fingerprint density at radius 1 is 1.12 bits per heavy atom. The first-order chi connectivity index (χ1) is 12.0. The fraction of sp³-hybridized carbons (Fsp3) is 0.526. The number of carbonyl (C=O) groups excluding carboxylic acids is 1. The number of benzene rings is 1. The maximum Gasteiger partial charge on any atom is 0.331 e. The Balaban J connectivity index is 1.98. The van der Waals surface area contributed by atoms with Crippen molar-refractivity contribution in [1.29, 1.82) is 0 Å². The van der Waals surface area contributed by atoms with Gasteiger partial charge in [-0.25, -0.2) is 13.2 Å². The number of hydrogen-bond acceptors (Lipinski definition) is 4. The number of nitrogens with zero attached hydrogens (tertiary/aromatic N) is 1. The molecular weight excluding hydrogens is 338 g/mol. The van der Waals surface area contributed by atoms with Crippen LogP contribution in [0.5, 0.6) is 0 Å². The smallest absolute Gasteiger partial charge is 0.331 e. The zero-order valence-electron chi connectivity index (χ0n) is 15.0.